The maximum atomic E-state index is 12.5. The Morgan fingerprint density at radius 3 is 2.48 bits per heavy atom. The number of nitrogens with zero attached hydrogens (tertiary/aromatic N) is 1. The first-order valence-corrected chi connectivity index (χ1v) is 9.17. The Balaban J connectivity index is 2.29. The van der Waals surface area contributed by atoms with Crippen LogP contribution >= 0.6 is 22.6 Å². The predicted molar refractivity (Wildman–Crippen MR) is 112 cm³/mol. The highest BCUT2D eigenvalue weighted by atomic mass is 127. The first-order chi connectivity index (χ1) is 13.0. The van der Waals surface area contributed by atoms with E-state index in [9.17, 15) is 10.1 Å². The lowest BCUT2D eigenvalue weighted by molar-refractivity contribution is -0.112. The molecule has 6 nitrogen and oxygen atoms in total. The second-order valence-electron chi connectivity index (χ2n) is 5.31. The number of benzene rings is 2. The lowest BCUT2D eigenvalue weighted by Crippen LogP contribution is -2.13. The summed E-state index contributed by atoms with van der Waals surface area (Å²) in [4.78, 5) is 12.5. The molecule has 0 spiro atoms. The van der Waals surface area contributed by atoms with Crippen LogP contribution in [0.4, 0.5) is 5.69 Å². The molecule has 1 amide bonds. The molecule has 2 rings (SSSR count). The van der Waals surface area contributed by atoms with Crippen molar-refractivity contribution in [1.82, 2.24) is 0 Å². The summed E-state index contributed by atoms with van der Waals surface area (Å²) in [6.45, 7) is 2.46. The summed E-state index contributed by atoms with van der Waals surface area (Å²) in [5.74, 6) is 1.18. The molecule has 0 bridgehead atoms. The van der Waals surface area contributed by atoms with E-state index in [0.29, 0.717) is 35.1 Å². The number of carbonyl (C=O) groups excluding carboxylic acids is 1. The number of halogens is 1. The number of carbonyl (C=O) groups is 1. The Bertz CT molecular complexity index is 886. The minimum Gasteiger partial charge on any atom is -0.494 e. The van der Waals surface area contributed by atoms with Gasteiger partial charge in [-0.3, -0.25) is 4.79 Å². The van der Waals surface area contributed by atoms with Crippen molar-refractivity contribution in [1.29, 1.82) is 5.26 Å². The number of hydrogen-bond donors (Lipinski definition) is 1. The van der Waals surface area contributed by atoms with Crippen molar-refractivity contribution in [2.45, 2.75) is 6.92 Å². The predicted octanol–water partition coefficient (Wildman–Crippen LogP) is 4.25. The maximum absolute atomic E-state index is 12.5. The van der Waals surface area contributed by atoms with Gasteiger partial charge in [0, 0.05) is 14.8 Å². The maximum Gasteiger partial charge on any atom is 0.266 e. The van der Waals surface area contributed by atoms with E-state index in [1.807, 2.05) is 25.1 Å². The number of nitrogens with one attached hydrogen (secondary N) is 1. The molecule has 0 aromatic heterocycles. The Hall–Kier alpha value is -2.73. The molecule has 0 unspecified atom stereocenters. The molecular weight excluding hydrogens is 459 g/mol. The van der Waals surface area contributed by atoms with Crippen molar-refractivity contribution in [3.05, 3.63) is 51.1 Å². The van der Waals surface area contributed by atoms with Crippen LogP contribution in [0.3, 0.4) is 0 Å². The van der Waals surface area contributed by atoms with Gasteiger partial charge in [0.05, 0.1) is 20.8 Å². The number of ether oxygens (including phenoxy) is 3. The molecule has 2 aromatic rings. The van der Waals surface area contributed by atoms with Gasteiger partial charge in [0.2, 0.25) is 0 Å². The second-order valence-corrected chi connectivity index (χ2v) is 6.56. The smallest absolute Gasteiger partial charge is 0.266 e. The zero-order valence-electron chi connectivity index (χ0n) is 15.2. The van der Waals surface area contributed by atoms with Crippen LogP contribution in [0.25, 0.3) is 6.08 Å². The highest BCUT2D eigenvalue weighted by molar-refractivity contribution is 14.1. The monoisotopic (exact) mass is 478 g/mol. The zero-order chi connectivity index (χ0) is 19.8. The molecule has 0 saturated heterocycles. The molecular formula is C20H19IN2O4. The van der Waals surface area contributed by atoms with Crippen LogP contribution in [0.5, 0.6) is 17.2 Å². The Morgan fingerprint density at radius 1 is 1.22 bits per heavy atom. The number of amides is 1. The summed E-state index contributed by atoms with van der Waals surface area (Å²) >= 11 is 2.13. The highest BCUT2D eigenvalue weighted by Gasteiger charge is 2.15. The van der Waals surface area contributed by atoms with Crippen molar-refractivity contribution in [2.75, 3.05) is 26.1 Å². The topological polar surface area (TPSA) is 80.6 Å². The SMILES string of the molecule is CCOc1ccc(NC(=O)/C(C#N)=C\c2cc(I)cc(OC)c2OC)cc1. The van der Waals surface area contributed by atoms with E-state index in [4.69, 9.17) is 14.2 Å². The molecule has 0 aliphatic carbocycles. The van der Waals surface area contributed by atoms with Gasteiger partial charge in [0.25, 0.3) is 5.91 Å². The lowest BCUT2D eigenvalue weighted by Gasteiger charge is -2.12. The summed E-state index contributed by atoms with van der Waals surface area (Å²) in [6.07, 6.45) is 1.48. The Labute approximate surface area is 171 Å². The van der Waals surface area contributed by atoms with Gasteiger partial charge < -0.3 is 19.5 Å². The zero-order valence-corrected chi connectivity index (χ0v) is 17.4. The second kappa shape index (κ2) is 9.83. The van der Waals surface area contributed by atoms with Crippen LogP contribution in [0, 0.1) is 14.9 Å². The molecule has 27 heavy (non-hydrogen) atoms. The number of rotatable bonds is 7. The first-order valence-electron chi connectivity index (χ1n) is 8.09. The third-order valence-corrected chi connectivity index (χ3v) is 4.18. The molecule has 0 radical (unpaired) electrons. The van der Waals surface area contributed by atoms with E-state index in [2.05, 4.69) is 27.9 Å². The van der Waals surface area contributed by atoms with E-state index in [0.717, 1.165) is 3.57 Å². The molecule has 7 heteroatoms. The highest BCUT2D eigenvalue weighted by Crippen LogP contribution is 2.34. The number of nitriles is 1. The van der Waals surface area contributed by atoms with E-state index in [1.165, 1.54) is 20.3 Å². The quantitative estimate of drug-likeness (QED) is 0.366. The van der Waals surface area contributed by atoms with Crippen LogP contribution in [-0.2, 0) is 4.79 Å². The number of hydrogen-bond acceptors (Lipinski definition) is 5. The van der Waals surface area contributed by atoms with E-state index in [-0.39, 0.29) is 5.57 Å². The number of anilines is 1. The third kappa shape index (κ3) is 5.37. The Morgan fingerprint density at radius 2 is 1.93 bits per heavy atom. The van der Waals surface area contributed by atoms with Gasteiger partial charge in [-0.05, 0) is 72.0 Å². The minimum absolute atomic E-state index is 0.0498. The molecule has 0 heterocycles. The average Bonchev–Trinajstić information content (AvgIpc) is 2.67. The van der Waals surface area contributed by atoms with Gasteiger partial charge in [-0.2, -0.15) is 5.26 Å². The Kier molecular flexibility index (Phi) is 7.49. The van der Waals surface area contributed by atoms with Crippen LogP contribution in [0.2, 0.25) is 0 Å². The van der Waals surface area contributed by atoms with Crippen molar-refractivity contribution >= 4 is 40.3 Å². The van der Waals surface area contributed by atoms with Gasteiger partial charge in [-0.1, -0.05) is 0 Å². The fourth-order valence-electron chi connectivity index (χ4n) is 2.37. The van der Waals surface area contributed by atoms with Crippen LogP contribution in [-0.4, -0.2) is 26.7 Å². The first kappa shape index (κ1) is 20.6. The lowest BCUT2D eigenvalue weighted by atomic mass is 10.1. The average molecular weight is 478 g/mol. The summed E-state index contributed by atoms with van der Waals surface area (Å²) in [5.41, 5.74) is 1.10. The van der Waals surface area contributed by atoms with Crippen LogP contribution < -0.4 is 19.5 Å². The van der Waals surface area contributed by atoms with Gasteiger partial charge in [-0.25, -0.2) is 0 Å². The van der Waals surface area contributed by atoms with Gasteiger partial charge in [0.15, 0.2) is 11.5 Å². The fourth-order valence-corrected chi connectivity index (χ4v) is 2.99. The van der Waals surface area contributed by atoms with Crippen molar-refractivity contribution < 1.29 is 19.0 Å². The minimum atomic E-state index is -0.512. The van der Waals surface area contributed by atoms with Crippen molar-refractivity contribution in [3.8, 4) is 23.3 Å². The van der Waals surface area contributed by atoms with E-state index < -0.39 is 5.91 Å². The fraction of sp³-hybridized carbons (Fsp3) is 0.200. The van der Waals surface area contributed by atoms with Crippen LogP contribution in [0.15, 0.2) is 42.0 Å². The molecule has 0 saturated carbocycles. The van der Waals surface area contributed by atoms with Crippen molar-refractivity contribution in [2.24, 2.45) is 0 Å². The third-order valence-electron chi connectivity index (χ3n) is 3.56. The standard InChI is InChI=1S/C20H19IN2O4/c1-4-27-17-7-5-16(6-8-17)23-20(24)14(12-22)9-13-10-15(21)11-18(25-2)19(13)26-3/h5-11H,4H2,1-3H3,(H,23,24)/b14-9-. The van der Waals surface area contributed by atoms with Crippen LogP contribution in [0.1, 0.15) is 12.5 Å². The van der Waals surface area contributed by atoms with Gasteiger partial charge >= 0.3 is 0 Å². The molecule has 0 aliphatic heterocycles. The van der Waals surface area contributed by atoms with E-state index >= 15 is 0 Å². The molecule has 140 valence electrons. The molecule has 2 aromatic carbocycles. The number of methoxy groups -OCH3 is 2. The largest absolute Gasteiger partial charge is 0.494 e. The molecule has 0 fully saturated rings. The summed E-state index contributed by atoms with van der Waals surface area (Å²) in [5, 5.41) is 12.1. The van der Waals surface area contributed by atoms with Gasteiger partial charge in [-0.15, -0.1) is 0 Å². The summed E-state index contributed by atoms with van der Waals surface area (Å²) in [6, 6.07) is 12.5. The van der Waals surface area contributed by atoms with E-state index in [1.54, 1.807) is 24.3 Å². The molecule has 0 atom stereocenters. The summed E-state index contributed by atoms with van der Waals surface area (Å²) < 4.78 is 16.9. The van der Waals surface area contributed by atoms with Crippen molar-refractivity contribution in [3.63, 3.8) is 0 Å². The molecule has 0 aliphatic rings. The summed E-state index contributed by atoms with van der Waals surface area (Å²) in [7, 11) is 3.04. The molecule has 1 N–H and O–H groups in total. The normalized spacial score (nSPS) is 10.7. The van der Waals surface area contributed by atoms with Gasteiger partial charge in [0.1, 0.15) is 17.4 Å².